The van der Waals surface area contributed by atoms with Crippen LogP contribution in [0.2, 0.25) is 0 Å². The molecule has 3 N–H and O–H groups in total. The molecule has 0 bridgehead atoms. The summed E-state index contributed by atoms with van der Waals surface area (Å²) in [6.45, 7) is 5.31. The Labute approximate surface area is 220 Å². The lowest BCUT2D eigenvalue weighted by atomic mass is 10.1. The van der Waals surface area contributed by atoms with Crippen LogP contribution in [0, 0.1) is 0 Å². The van der Waals surface area contributed by atoms with Crippen molar-refractivity contribution < 1.29 is 19.1 Å². The zero-order chi connectivity index (χ0) is 26.6. The minimum Gasteiger partial charge on any atom is -0.494 e. The van der Waals surface area contributed by atoms with Gasteiger partial charge in [-0.05, 0) is 74.6 Å². The molecule has 0 aliphatic carbocycles. The van der Waals surface area contributed by atoms with Crippen LogP contribution in [-0.2, 0) is 11.2 Å². The molecule has 2 rings (SSSR count). The number of ether oxygens (including phenoxy) is 2. The van der Waals surface area contributed by atoms with E-state index in [0.29, 0.717) is 13.2 Å². The van der Waals surface area contributed by atoms with Crippen molar-refractivity contribution in [2.75, 3.05) is 19.8 Å². The van der Waals surface area contributed by atoms with Crippen LogP contribution in [0.1, 0.15) is 70.8 Å². The number of nitrogens with zero attached hydrogens (tertiary/aromatic N) is 2. The summed E-state index contributed by atoms with van der Waals surface area (Å²) < 4.78 is 10.4. The Morgan fingerprint density at radius 2 is 1.41 bits per heavy atom. The van der Waals surface area contributed by atoms with E-state index in [1.165, 1.54) is 31.2 Å². The molecule has 0 fully saturated rings. The summed E-state index contributed by atoms with van der Waals surface area (Å²) in [6, 6.07) is 15.4. The summed E-state index contributed by atoms with van der Waals surface area (Å²) in [5.74, 6) is 0.804. The first-order valence-corrected chi connectivity index (χ1v) is 13.3. The van der Waals surface area contributed by atoms with Crippen LogP contribution in [0.25, 0.3) is 0 Å². The summed E-state index contributed by atoms with van der Waals surface area (Å²) in [5.41, 5.74) is 7.35. The highest BCUT2D eigenvalue weighted by molar-refractivity contribution is 5.77. The van der Waals surface area contributed by atoms with Gasteiger partial charge < -0.3 is 14.8 Å². The number of hydrogen-bond donors (Lipinski definition) is 3. The van der Waals surface area contributed by atoms with Gasteiger partial charge in [0.15, 0.2) is 0 Å². The number of hydrazine groups is 1. The fraction of sp³-hybridized carbons (Fsp3) is 0.500. The van der Waals surface area contributed by atoms with E-state index < -0.39 is 12.1 Å². The van der Waals surface area contributed by atoms with Gasteiger partial charge in [-0.3, -0.25) is 0 Å². The highest BCUT2D eigenvalue weighted by atomic mass is 16.6. The Kier molecular flexibility index (Phi) is 14.9. The number of carbonyl (C=O) groups is 2. The molecule has 0 aliphatic rings. The highest BCUT2D eigenvalue weighted by Gasteiger charge is 2.03. The monoisotopic (exact) mass is 511 g/mol. The molecule has 0 heterocycles. The SMILES string of the molecule is CCCCCCc1ccc(N=Nc2ccc(OCCCCCCNC(=O)NNC(=O)OCC)cc2)cc1. The topological polar surface area (TPSA) is 113 Å². The van der Waals surface area contributed by atoms with Crippen molar-refractivity contribution in [3.05, 3.63) is 54.1 Å². The largest absolute Gasteiger partial charge is 0.494 e. The van der Waals surface area contributed by atoms with Crippen molar-refractivity contribution in [3.8, 4) is 5.75 Å². The van der Waals surface area contributed by atoms with Crippen molar-refractivity contribution in [2.24, 2.45) is 10.2 Å². The Morgan fingerprint density at radius 1 is 0.757 bits per heavy atom. The van der Waals surface area contributed by atoms with Crippen molar-refractivity contribution in [3.63, 3.8) is 0 Å². The maximum Gasteiger partial charge on any atom is 0.426 e. The molecule has 0 aliphatic heterocycles. The number of benzene rings is 2. The van der Waals surface area contributed by atoms with Gasteiger partial charge in [-0.2, -0.15) is 10.2 Å². The maximum atomic E-state index is 11.5. The predicted octanol–water partition coefficient (Wildman–Crippen LogP) is 7.12. The summed E-state index contributed by atoms with van der Waals surface area (Å²) in [6.07, 6.45) is 9.24. The van der Waals surface area contributed by atoms with Crippen LogP contribution >= 0.6 is 0 Å². The third-order valence-corrected chi connectivity index (χ3v) is 5.55. The van der Waals surface area contributed by atoms with Crippen LogP contribution < -0.4 is 20.9 Å². The second-order valence-corrected chi connectivity index (χ2v) is 8.66. The standard InChI is InChI=1S/C28H41N5O4/c1-3-5-6-9-12-23-13-15-24(16-14-23)30-31-25-17-19-26(20-18-25)37-22-11-8-7-10-21-29-27(34)32-33-28(35)36-4-2/h13-20H,3-12,21-22H2,1-2H3,(H,33,35)(H2,29,32,34). The fourth-order valence-electron chi connectivity index (χ4n) is 3.50. The lowest BCUT2D eigenvalue weighted by Crippen LogP contribution is -2.47. The van der Waals surface area contributed by atoms with Gasteiger partial charge in [0.05, 0.1) is 24.6 Å². The molecule has 0 unspecified atom stereocenters. The second-order valence-electron chi connectivity index (χ2n) is 8.66. The molecule has 0 radical (unpaired) electrons. The number of amides is 3. The van der Waals surface area contributed by atoms with E-state index >= 15 is 0 Å². The van der Waals surface area contributed by atoms with Gasteiger partial charge in [-0.15, -0.1) is 0 Å². The number of rotatable bonds is 16. The van der Waals surface area contributed by atoms with Gasteiger partial charge in [-0.1, -0.05) is 51.2 Å². The van der Waals surface area contributed by atoms with Crippen LogP contribution in [0.5, 0.6) is 5.75 Å². The third kappa shape index (κ3) is 13.9. The lowest BCUT2D eigenvalue weighted by molar-refractivity contribution is 0.147. The zero-order valence-corrected chi connectivity index (χ0v) is 22.1. The van der Waals surface area contributed by atoms with Gasteiger partial charge in [-0.25, -0.2) is 20.4 Å². The summed E-state index contributed by atoms with van der Waals surface area (Å²) in [7, 11) is 0. The van der Waals surface area contributed by atoms with Gasteiger partial charge in [0, 0.05) is 6.54 Å². The molecule has 0 atom stereocenters. The molecule has 0 saturated heterocycles. The molecule has 0 saturated carbocycles. The molecule has 0 spiro atoms. The quantitative estimate of drug-likeness (QED) is 0.126. The first-order valence-electron chi connectivity index (χ1n) is 13.3. The van der Waals surface area contributed by atoms with Crippen LogP contribution in [0.15, 0.2) is 58.8 Å². The average molecular weight is 512 g/mol. The molecular formula is C28H41N5O4. The Balaban J connectivity index is 1.54. The molecule has 0 aromatic heterocycles. The number of azo groups is 1. The van der Waals surface area contributed by atoms with Crippen molar-refractivity contribution >= 4 is 23.5 Å². The van der Waals surface area contributed by atoms with Crippen LogP contribution in [-0.4, -0.2) is 31.9 Å². The smallest absolute Gasteiger partial charge is 0.426 e. The van der Waals surface area contributed by atoms with Gasteiger partial charge in [0.1, 0.15) is 5.75 Å². The van der Waals surface area contributed by atoms with Crippen molar-refractivity contribution in [1.29, 1.82) is 0 Å². The summed E-state index contributed by atoms with van der Waals surface area (Å²) in [4.78, 5) is 22.6. The van der Waals surface area contributed by atoms with Gasteiger partial charge >= 0.3 is 12.1 Å². The normalized spacial score (nSPS) is 10.8. The molecule has 2 aromatic carbocycles. The van der Waals surface area contributed by atoms with E-state index in [0.717, 1.165) is 49.2 Å². The maximum absolute atomic E-state index is 11.5. The Morgan fingerprint density at radius 3 is 2.08 bits per heavy atom. The number of aryl methyl sites for hydroxylation is 1. The number of urea groups is 1. The van der Waals surface area contributed by atoms with E-state index in [2.05, 4.69) is 50.2 Å². The number of nitrogens with one attached hydrogen (secondary N) is 3. The summed E-state index contributed by atoms with van der Waals surface area (Å²) >= 11 is 0. The number of carbonyl (C=O) groups excluding carboxylic acids is 2. The molecule has 2 aromatic rings. The predicted molar refractivity (Wildman–Crippen MR) is 146 cm³/mol. The second kappa shape index (κ2) is 18.6. The van der Waals surface area contributed by atoms with Crippen LogP contribution in [0.3, 0.4) is 0 Å². The van der Waals surface area contributed by atoms with Gasteiger partial charge in [0.25, 0.3) is 0 Å². The van der Waals surface area contributed by atoms with E-state index in [1.807, 2.05) is 36.4 Å². The zero-order valence-electron chi connectivity index (χ0n) is 22.1. The molecule has 37 heavy (non-hydrogen) atoms. The number of unbranched alkanes of at least 4 members (excludes halogenated alkanes) is 6. The van der Waals surface area contributed by atoms with Crippen molar-refractivity contribution in [2.45, 2.75) is 71.6 Å². The first kappa shape index (κ1) is 29.6. The molecule has 9 nitrogen and oxygen atoms in total. The van der Waals surface area contributed by atoms with Gasteiger partial charge in [0.2, 0.25) is 0 Å². The average Bonchev–Trinajstić information content (AvgIpc) is 2.92. The Bertz CT molecular complexity index is 933. The van der Waals surface area contributed by atoms with E-state index in [4.69, 9.17) is 4.74 Å². The van der Waals surface area contributed by atoms with E-state index in [9.17, 15) is 9.59 Å². The minimum absolute atomic E-state index is 0.241. The van der Waals surface area contributed by atoms with E-state index in [-0.39, 0.29) is 6.61 Å². The molecule has 202 valence electrons. The highest BCUT2D eigenvalue weighted by Crippen LogP contribution is 2.22. The molecular weight excluding hydrogens is 470 g/mol. The number of hydrogen-bond acceptors (Lipinski definition) is 6. The minimum atomic E-state index is -0.689. The van der Waals surface area contributed by atoms with Crippen molar-refractivity contribution in [1.82, 2.24) is 16.2 Å². The first-order chi connectivity index (χ1) is 18.1. The van der Waals surface area contributed by atoms with Crippen LogP contribution in [0.4, 0.5) is 21.0 Å². The lowest BCUT2D eigenvalue weighted by Gasteiger charge is -2.09. The third-order valence-electron chi connectivity index (χ3n) is 5.55. The molecule has 3 amide bonds. The fourth-order valence-corrected chi connectivity index (χ4v) is 3.50. The van der Waals surface area contributed by atoms with E-state index in [1.54, 1.807) is 6.92 Å². The Hall–Kier alpha value is -3.62. The summed E-state index contributed by atoms with van der Waals surface area (Å²) in [5, 5.41) is 11.3. The molecule has 9 heteroatoms.